The summed E-state index contributed by atoms with van der Waals surface area (Å²) in [6, 6.07) is 0. The van der Waals surface area contributed by atoms with Gasteiger partial charge in [-0.25, -0.2) is 0 Å². The molecule has 6 nitrogen and oxygen atoms in total. The van der Waals surface area contributed by atoms with Crippen LogP contribution in [0.5, 0.6) is 0 Å². The van der Waals surface area contributed by atoms with E-state index in [1.807, 2.05) is 6.08 Å². The first kappa shape index (κ1) is 20.6. The van der Waals surface area contributed by atoms with Crippen LogP contribution in [0.4, 0.5) is 0 Å². The molecule has 0 radical (unpaired) electrons. The highest BCUT2D eigenvalue weighted by atomic mass is 28.4. The molecule has 1 rings (SSSR count). The Morgan fingerprint density at radius 3 is 2.22 bits per heavy atom. The zero-order valence-electron chi connectivity index (χ0n) is 15.5. The fourth-order valence-electron chi connectivity index (χ4n) is 1.91. The standard InChI is InChI=1S/C16H32O6Si/c1-16(2,3)23(6,7)22-10-14-15(21-12-18-5)13(8-9-19-14)20-11-17-4/h8-9,13-15H,10-12H2,1-7H3/t13-,14-,15+/m1/s1. The Morgan fingerprint density at radius 1 is 1.04 bits per heavy atom. The third kappa shape index (κ3) is 6.17. The summed E-state index contributed by atoms with van der Waals surface area (Å²) in [5, 5.41) is 0.145. The summed E-state index contributed by atoms with van der Waals surface area (Å²) >= 11 is 0. The summed E-state index contributed by atoms with van der Waals surface area (Å²) in [5.41, 5.74) is 0. The van der Waals surface area contributed by atoms with E-state index in [1.165, 1.54) is 0 Å². The van der Waals surface area contributed by atoms with Crippen LogP contribution in [0.3, 0.4) is 0 Å². The molecule has 0 aliphatic carbocycles. The second kappa shape index (κ2) is 9.15. The molecule has 1 aliphatic heterocycles. The first-order chi connectivity index (χ1) is 10.7. The number of rotatable bonds is 9. The first-order valence-electron chi connectivity index (χ1n) is 7.90. The van der Waals surface area contributed by atoms with Gasteiger partial charge in [0, 0.05) is 14.2 Å². The van der Waals surface area contributed by atoms with Crippen LogP contribution in [0.15, 0.2) is 12.3 Å². The fraction of sp³-hybridized carbons (Fsp3) is 0.875. The fourth-order valence-corrected chi connectivity index (χ4v) is 2.92. The predicted octanol–water partition coefficient (Wildman–Crippen LogP) is 2.90. The molecular weight excluding hydrogens is 316 g/mol. The van der Waals surface area contributed by atoms with Crippen LogP contribution in [0, 0.1) is 0 Å². The van der Waals surface area contributed by atoms with Gasteiger partial charge in [-0.3, -0.25) is 0 Å². The van der Waals surface area contributed by atoms with Crippen molar-refractivity contribution in [1.29, 1.82) is 0 Å². The third-order valence-electron chi connectivity index (χ3n) is 4.38. The molecule has 0 fully saturated rings. The highest BCUT2D eigenvalue weighted by molar-refractivity contribution is 6.74. The second-order valence-corrected chi connectivity index (χ2v) is 12.0. The van der Waals surface area contributed by atoms with E-state index in [0.717, 1.165) is 0 Å². The molecule has 0 saturated heterocycles. The molecule has 0 amide bonds. The molecule has 23 heavy (non-hydrogen) atoms. The Labute approximate surface area is 141 Å². The van der Waals surface area contributed by atoms with Gasteiger partial charge in [0.2, 0.25) is 0 Å². The molecule has 1 heterocycles. The van der Waals surface area contributed by atoms with Gasteiger partial charge in [-0.05, 0) is 24.2 Å². The SMILES string of the molecule is COCO[C@H]1[C@H](OCOC)C=CO[C@@H]1CO[Si](C)(C)C(C)(C)C. The number of methoxy groups -OCH3 is 2. The van der Waals surface area contributed by atoms with Crippen LogP contribution in [0.25, 0.3) is 0 Å². The quantitative estimate of drug-likeness (QED) is 0.472. The highest BCUT2D eigenvalue weighted by Crippen LogP contribution is 2.37. The molecule has 0 aromatic heterocycles. The van der Waals surface area contributed by atoms with Crippen LogP contribution in [0.2, 0.25) is 18.1 Å². The topological polar surface area (TPSA) is 55.4 Å². The average molecular weight is 349 g/mol. The van der Waals surface area contributed by atoms with Gasteiger partial charge in [0.1, 0.15) is 31.9 Å². The molecule has 0 aromatic rings. The van der Waals surface area contributed by atoms with Crippen molar-refractivity contribution < 1.29 is 28.1 Å². The minimum atomic E-state index is -1.85. The molecule has 0 bridgehead atoms. The lowest BCUT2D eigenvalue weighted by Gasteiger charge is -2.39. The van der Waals surface area contributed by atoms with Gasteiger partial charge in [0.25, 0.3) is 0 Å². The molecule has 0 N–H and O–H groups in total. The van der Waals surface area contributed by atoms with Gasteiger partial charge >= 0.3 is 0 Å². The Kier molecular flexibility index (Phi) is 8.19. The molecular formula is C16H32O6Si. The smallest absolute Gasteiger partial charge is 0.192 e. The van der Waals surface area contributed by atoms with Gasteiger partial charge in [-0.2, -0.15) is 0 Å². The van der Waals surface area contributed by atoms with Crippen molar-refractivity contribution in [3.05, 3.63) is 12.3 Å². The van der Waals surface area contributed by atoms with E-state index >= 15 is 0 Å². The van der Waals surface area contributed by atoms with Crippen LogP contribution in [0.1, 0.15) is 20.8 Å². The minimum Gasteiger partial charge on any atom is -0.493 e. The summed E-state index contributed by atoms with van der Waals surface area (Å²) in [4.78, 5) is 0. The van der Waals surface area contributed by atoms with E-state index in [9.17, 15) is 0 Å². The Hall–Kier alpha value is -0.443. The maximum atomic E-state index is 6.27. The van der Waals surface area contributed by atoms with Crippen molar-refractivity contribution in [1.82, 2.24) is 0 Å². The number of ether oxygens (including phenoxy) is 5. The number of hydrogen-bond acceptors (Lipinski definition) is 6. The molecule has 0 unspecified atom stereocenters. The summed E-state index contributed by atoms with van der Waals surface area (Å²) in [7, 11) is 1.32. The van der Waals surface area contributed by atoms with E-state index in [2.05, 4.69) is 33.9 Å². The lowest BCUT2D eigenvalue weighted by Crippen LogP contribution is -2.50. The summed E-state index contributed by atoms with van der Waals surface area (Å²) in [6.45, 7) is 11.9. The zero-order valence-corrected chi connectivity index (χ0v) is 16.5. The second-order valence-electron chi connectivity index (χ2n) is 7.15. The monoisotopic (exact) mass is 348 g/mol. The van der Waals surface area contributed by atoms with Crippen molar-refractivity contribution in [3.63, 3.8) is 0 Å². The minimum absolute atomic E-state index is 0.145. The Balaban J connectivity index is 2.71. The normalized spacial score (nSPS) is 25.4. The van der Waals surface area contributed by atoms with Crippen LogP contribution in [-0.2, 0) is 28.1 Å². The Bertz CT molecular complexity index is 366. The van der Waals surface area contributed by atoms with E-state index in [1.54, 1.807) is 20.5 Å². The molecule has 3 atom stereocenters. The Morgan fingerprint density at radius 2 is 1.65 bits per heavy atom. The van der Waals surface area contributed by atoms with Crippen LogP contribution in [-0.4, -0.2) is 61.0 Å². The highest BCUT2D eigenvalue weighted by Gasteiger charge is 2.40. The largest absolute Gasteiger partial charge is 0.493 e. The van der Waals surface area contributed by atoms with Gasteiger partial charge in [-0.15, -0.1) is 0 Å². The molecule has 1 aliphatic rings. The molecule has 7 heteroatoms. The number of hydrogen-bond donors (Lipinski definition) is 0. The van der Waals surface area contributed by atoms with E-state index in [4.69, 9.17) is 28.1 Å². The van der Waals surface area contributed by atoms with Crippen LogP contribution < -0.4 is 0 Å². The van der Waals surface area contributed by atoms with Crippen molar-refractivity contribution in [3.8, 4) is 0 Å². The summed E-state index contributed by atoms with van der Waals surface area (Å²) < 4.78 is 33.4. The van der Waals surface area contributed by atoms with Gasteiger partial charge in [-0.1, -0.05) is 20.8 Å². The summed E-state index contributed by atoms with van der Waals surface area (Å²) in [5.74, 6) is 0. The van der Waals surface area contributed by atoms with E-state index in [0.29, 0.717) is 6.61 Å². The lowest BCUT2D eigenvalue weighted by molar-refractivity contribution is -0.186. The molecule has 136 valence electrons. The third-order valence-corrected chi connectivity index (χ3v) is 8.88. The molecule has 0 aromatic carbocycles. The maximum Gasteiger partial charge on any atom is 0.192 e. The average Bonchev–Trinajstić information content (AvgIpc) is 2.48. The molecule has 0 saturated carbocycles. The van der Waals surface area contributed by atoms with Crippen molar-refractivity contribution in [2.75, 3.05) is 34.4 Å². The first-order valence-corrected chi connectivity index (χ1v) is 10.8. The van der Waals surface area contributed by atoms with Gasteiger partial charge in [0.05, 0.1) is 12.9 Å². The maximum absolute atomic E-state index is 6.27. The van der Waals surface area contributed by atoms with E-state index < -0.39 is 8.32 Å². The zero-order chi connectivity index (χ0) is 17.5. The van der Waals surface area contributed by atoms with Crippen molar-refractivity contribution in [2.45, 2.75) is 57.2 Å². The van der Waals surface area contributed by atoms with Gasteiger partial charge < -0.3 is 28.1 Å². The predicted molar refractivity (Wildman–Crippen MR) is 90.7 cm³/mol. The van der Waals surface area contributed by atoms with Crippen LogP contribution >= 0.6 is 0 Å². The van der Waals surface area contributed by atoms with Gasteiger partial charge in [0.15, 0.2) is 8.32 Å². The van der Waals surface area contributed by atoms with Crippen molar-refractivity contribution >= 4 is 8.32 Å². The lowest BCUT2D eigenvalue weighted by atomic mass is 10.1. The molecule has 0 spiro atoms. The van der Waals surface area contributed by atoms with E-state index in [-0.39, 0.29) is 36.9 Å². The van der Waals surface area contributed by atoms with Crippen molar-refractivity contribution in [2.24, 2.45) is 0 Å². The summed E-state index contributed by atoms with van der Waals surface area (Å²) in [6.07, 6.45) is 2.66.